The largest absolute Gasteiger partial charge is 0.404 e. The van der Waals surface area contributed by atoms with Crippen LogP contribution in [0.2, 0.25) is 0 Å². The Morgan fingerprint density at radius 1 is 1.00 bits per heavy atom. The third-order valence-electron chi connectivity index (χ3n) is 0.250. The highest BCUT2D eigenvalue weighted by molar-refractivity contribution is 4.80. The van der Waals surface area contributed by atoms with E-state index in [9.17, 15) is 0 Å². The molecule has 4 N–H and O–H groups in total. The molecule has 2 radical (unpaired) electrons. The van der Waals surface area contributed by atoms with Crippen molar-refractivity contribution in [3.8, 4) is 0 Å². The maximum absolute atomic E-state index is 4.84. The van der Waals surface area contributed by atoms with Crippen LogP contribution in [-0.4, -0.2) is 0 Å². The SMILES string of the molecule is N/C=[C]/[C]=C/N. The van der Waals surface area contributed by atoms with Crippen LogP contribution in [0, 0.1) is 12.2 Å². The van der Waals surface area contributed by atoms with Gasteiger partial charge < -0.3 is 11.5 Å². The van der Waals surface area contributed by atoms with Gasteiger partial charge in [-0.05, 0) is 0 Å². The molecule has 32 valence electrons. The molecule has 0 aromatic rings. The molecular weight excluding hydrogens is 76.1 g/mol. The number of allylic oxidation sites excluding steroid dienone is 2. The molecule has 0 amide bonds. The second kappa shape index (κ2) is 4.08. The van der Waals surface area contributed by atoms with Gasteiger partial charge in [-0.15, -0.1) is 0 Å². The Balaban J connectivity index is 3.07. The molecule has 0 heterocycles. The molecule has 2 nitrogen and oxygen atoms in total. The van der Waals surface area contributed by atoms with E-state index in [4.69, 9.17) is 11.5 Å². The van der Waals surface area contributed by atoms with Gasteiger partial charge in [0, 0.05) is 24.6 Å². The minimum absolute atomic E-state index is 1.24. The number of rotatable bonds is 1. The first kappa shape index (κ1) is 5.08. The summed E-state index contributed by atoms with van der Waals surface area (Å²) in [5, 5.41) is 0. The molecule has 0 aliphatic heterocycles. The van der Waals surface area contributed by atoms with Crippen LogP contribution in [0.4, 0.5) is 0 Å². The van der Waals surface area contributed by atoms with Gasteiger partial charge in [0.05, 0.1) is 0 Å². The Kier molecular flexibility index (Phi) is 3.45. The summed E-state index contributed by atoms with van der Waals surface area (Å²) in [6, 6.07) is 0. The minimum Gasteiger partial charge on any atom is -0.404 e. The normalized spacial score (nSPS) is 11.3. The van der Waals surface area contributed by atoms with Crippen molar-refractivity contribution < 1.29 is 0 Å². The molecule has 0 aromatic heterocycles. The zero-order chi connectivity index (χ0) is 4.83. The lowest BCUT2D eigenvalue weighted by molar-refractivity contribution is 1.51. The van der Waals surface area contributed by atoms with Gasteiger partial charge in [0.2, 0.25) is 0 Å². The monoisotopic (exact) mass is 82.1 g/mol. The smallest absolute Gasteiger partial charge is 0.00860 e. The molecule has 0 saturated carbocycles. The van der Waals surface area contributed by atoms with Gasteiger partial charge in [-0.25, -0.2) is 0 Å². The first-order valence-corrected chi connectivity index (χ1v) is 1.49. The van der Waals surface area contributed by atoms with E-state index in [1.165, 1.54) is 12.4 Å². The summed E-state index contributed by atoms with van der Waals surface area (Å²) in [6.07, 6.45) is 7.32. The highest BCUT2D eigenvalue weighted by Crippen LogP contribution is 1.57. The number of hydrogen-bond acceptors (Lipinski definition) is 2. The van der Waals surface area contributed by atoms with Crippen LogP contribution in [0.5, 0.6) is 0 Å². The van der Waals surface area contributed by atoms with Crippen LogP contribution in [0.3, 0.4) is 0 Å². The van der Waals surface area contributed by atoms with E-state index in [1.807, 2.05) is 0 Å². The quantitative estimate of drug-likeness (QED) is 0.420. The molecule has 0 spiro atoms. The van der Waals surface area contributed by atoms with Gasteiger partial charge in [0.1, 0.15) is 0 Å². The Hall–Kier alpha value is -0.920. The van der Waals surface area contributed by atoms with Crippen molar-refractivity contribution in [1.82, 2.24) is 0 Å². The number of nitrogens with two attached hydrogens (primary N) is 2. The van der Waals surface area contributed by atoms with E-state index in [2.05, 4.69) is 12.2 Å². The van der Waals surface area contributed by atoms with E-state index in [1.54, 1.807) is 0 Å². The molecule has 0 aliphatic carbocycles. The van der Waals surface area contributed by atoms with Crippen molar-refractivity contribution in [2.75, 3.05) is 0 Å². The average Bonchev–Trinajstić information content (AvgIpc) is 1.61. The zero-order valence-electron chi connectivity index (χ0n) is 3.31. The average molecular weight is 82.1 g/mol. The highest BCUT2D eigenvalue weighted by Gasteiger charge is 1.52. The first-order chi connectivity index (χ1) is 2.91. The summed E-state index contributed by atoms with van der Waals surface area (Å²) in [4.78, 5) is 0. The Morgan fingerprint density at radius 2 is 1.33 bits per heavy atom. The lowest BCUT2D eigenvalue weighted by Gasteiger charge is -1.62. The molecule has 0 aliphatic rings. The third-order valence-corrected chi connectivity index (χ3v) is 0.250. The van der Waals surface area contributed by atoms with Gasteiger partial charge >= 0.3 is 0 Å². The van der Waals surface area contributed by atoms with Crippen LogP contribution in [-0.2, 0) is 0 Å². The predicted octanol–water partition coefficient (Wildman–Crippen LogP) is -0.462. The van der Waals surface area contributed by atoms with Crippen LogP contribution in [0.25, 0.3) is 0 Å². The first-order valence-electron chi connectivity index (χ1n) is 1.49. The van der Waals surface area contributed by atoms with Crippen molar-refractivity contribution in [3.05, 3.63) is 24.6 Å². The summed E-state index contributed by atoms with van der Waals surface area (Å²) in [5.41, 5.74) is 9.68. The second-order valence-corrected chi connectivity index (χ2v) is 0.622. The van der Waals surface area contributed by atoms with Crippen molar-refractivity contribution in [1.29, 1.82) is 0 Å². The van der Waals surface area contributed by atoms with E-state index in [0.717, 1.165) is 0 Å². The lowest BCUT2D eigenvalue weighted by Crippen LogP contribution is -1.77. The molecule has 0 bridgehead atoms. The molecule has 0 fully saturated rings. The minimum atomic E-state index is 1.24. The molecule has 0 rings (SSSR count). The fraction of sp³-hybridized carbons (Fsp3) is 0. The number of hydrogen-bond donors (Lipinski definition) is 2. The molecule has 2 heteroatoms. The summed E-state index contributed by atoms with van der Waals surface area (Å²) in [5.74, 6) is 0. The van der Waals surface area contributed by atoms with Crippen LogP contribution < -0.4 is 11.5 Å². The topological polar surface area (TPSA) is 52.0 Å². The van der Waals surface area contributed by atoms with Gasteiger partial charge in [0.25, 0.3) is 0 Å². The molecule has 0 unspecified atom stereocenters. The summed E-state index contributed by atoms with van der Waals surface area (Å²) < 4.78 is 0. The summed E-state index contributed by atoms with van der Waals surface area (Å²) in [7, 11) is 0. The van der Waals surface area contributed by atoms with Crippen LogP contribution >= 0.6 is 0 Å². The third kappa shape index (κ3) is 3.08. The molecule has 0 saturated heterocycles. The Labute approximate surface area is 37.1 Å². The molecular formula is C4H6N2. The van der Waals surface area contributed by atoms with Crippen molar-refractivity contribution >= 4 is 0 Å². The summed E-state index contributed by atoms with van der Waals surface area (Å²) in [6.45, 7) is 0. The van der Waals surface area contributed by atoms with Crippen LogP contribution in [0.15, 0.2) is 12.4 Å². The van der Waals surface area contributed by atoms with Gasteiger partial charge in [-0.3, -0.25) is 0 Å². The second-order valence-electron chi connectivity index (χ2n) is 0.622. The van der Waals surface area contributed by atoms with E-state index < -0.39 is 0 Å². The molecule has 0 atom stereocenters. The van der Waals surface area contributed by atoms with E-state index in [0.29, 0.717) is 0 Å². The van der Waals surface area contributed by atoms with Crippen molar-refractivity contribution in [2.24, 2.45) is 11.5 Å². The highest BCUT2D eigenvalue weighted by atomic mass is 14.5. The van der Waals surface area contributed by atoms with Gasteiger partial charge in [-0.2, -0.15) is 0 Å². The lowest BCUT2D eigenvalue weighted by atomic mass is 10.6. The maximum Gasteiger partial charge on any atom is 0.00860 e. The fourth-order valence-electron chi connectivity index (χ4n) is 0.0962. The van der Waals surface area contributed by atoms with Gasteiger partial charge in [-0.1, -0.05) is 0 Å². The van der Waals surface area contributed by atoms with Gasteiger partial charge in [0.15, 0.2) is 0 Å². The van der Waals surface area contributed by atoms with Crippen molar-refractivity contribution in [2.45, 2.75) is 0 Å². The predicted molar refractivity (Wildman–Crippen MR) is 24.0 cm³/mol. The van der Waals surface area contributed by atoms with Crippen molar-refractivity contribution in [3.63, 3.8) is 0 Å². The fourth-order valence-corrected chi connectivity index (χ4v) is 0.0962. The Bertz CT molecular complexity index is 53.9. The molecule has 6 heavy (non-hydrogen) atoms. The molecule has 0 aromatic carbocycles. The summed E-state index contributed by atoms with van der Waals surface area (Å²) >= 11 is 0. The standard InChI is InChI=1S/C4H6N2/c5-3-1-2-4-6/h3-4H,5-6H2. The van der Waals surface area contributed by atoms with E-state index >= 15 is 0 Å². The van der Waals surface area contributed by atoms with E-state index in [-0.39, 0.29) is 0 Å². The zero-order valence-corrected chi connectivity index (χ0v) is 3.31. The van der Waals surface area contributed by atoms with Crippen LogP contribution in [0.1, 0.15) is 0 Å². The maximum atomic E-state index is 4.84. The Morgan fingerprint density at radius 3 is 1.50 bits per heavy atom.